The molecule has 0 unspecified atom stereocenters. The lowest BCUT2D eigenvalue weighted by atomic mass is 9.98. The van der Waals surface area contributed by atoms with Crippen LogP contribution in [0.3, 0.4) is 0 Å². The molecule has 0 aliphatic carbocycles. The summed E-state index contributed by atoms with van der Waals surface area (Å²) in [5.74, 6) is 0.427. The predicted octanol–water partition coefficient (Wildman–Crippen LogP) is 0.775. The fourth-order valence-corrected chi connectivity index (χ4v) is 2.33. The number of nitrogen functional groups attached to an aromatic ring is 1. The van der Waals surface area contributed by atoms with Gasteiger partial charge >= 0.3 is 0 Å². The van der Waals surface area contributed by atoms with E-state index in [0.29, 0.717) is 24.5 Å². The molecule has 0 saturated carbocycles. The van der Waals surface area contributed by atoms with E-state index in [4.69, 9.17) is 10.5 Å². The van der Waals surface area contributed by atoms with E-state index in [0.717, 1.165) is 0 Å². The summed E-state index contributed by atoms with van der Waals surface area (Å²) >= 11 is 0. The van der Waals surface area contributed by atoms with E-state index in [1.165, 1.54) is 0 Å². The first-order valence-corrected chi connectivity index (χ1v) is 6.98. The monoisotopic (exact) mass is 291 g/mol. The van der Waals surface area contributed by atoms with E-state index >= 15 is 0 Å². The highest BCUT2D eigenvalue weighted by Crippen LogP contribution is 2.19. The Balaban J connectivity index is 1.88. The second-order valence-corrected chi connectivity index (χ2v) is 5.53. The molecule has 0 spiro atoms. The Labute approximate surface area is 124 Å². The second-order valence-electron chi connectivity index (χ2n) is 5.53. The smallest absolute Gasteiger partial charge is 0.245 e. The van der Waals surface area contributed by atoms with E-state index < -0.39 is 5.54 Å². The third kappa shape index (κ3) is 3.45. The van der Waals surface area contributed by atoms with Crippen LogP contribution < -0.4 is 15.8 Å². The van der Waals surface area contributed by atoms with Crippen molar-refractivity contribution in [2.24, 2.45) is 0 Å². The van der Waals surface area contributed by atoms with Crippen molar-refractivity contribution < 1.29 is 14.3 Å². The highest BCUT2D eigenvalue weighted by molar-refractivity contribution is 5.91. The van der Waals surface area contributed by atoms with E-state index in [9.17, 15) is 9.59 Å². The molecular weight excluding hydrogens is 270 g/mol. The molecule has 2 amide bonds. The Kier molecular flexibility index (Phi) is 4.35. The van der Waals surface area contributed by atoms with Crippen molar-refractivity contribution in [2.75, 3.05) is 25.4 Å². The van der Waals surface area contributed by atoms with Crippen LogP contribution in [0.5, 0.6) is 5.75 Å². The molecule has 21 heavy (non-hydrogen) atoms. The van der Waals surface area contributed by atoms with E-state index in [2.05, 4.69) is 5.32 Å². The summed E-state index contributed by atoms with van der Waals surface area (Å²) in [5, 5.41) is 2.77. The topological polar surface area (TPSA) is 84.7 Å². The minimum Gasteiger partial charge on any atom is -0.493 e. The third-order valence-electron chi connectivity index (χ3n) is 3.60. The molecule has 6 nitrogen and oxygen atoms in total. The van der Waals surface area contributed by atoms with Gasteiger partial charge in [0.1, 0.15) is 11.3 Å². The number of rotatable bonds is 4. The summed E-state index contributed by atoms with van der Waals surface area (Å²) in [4.78, 5) is 25.7. The van der Waals surface area contributed by atoms with Crippen molar-refractivity contribution in [1.82, 2.24) is 10.2 Å². The van der Waals surface area contributed by atoms with Crippen molar-refractivity contribution in [2.45, 2.75) is 25.8 Å². The average molecular weight is 291 g/mol. The number of ether oxygens (including phenoxy) is 1. The summed E-state index contributed by atoms with van der Waals surface area (Å²) < 4.78 is 5.52. The van der Waals surface area contributed by atoms with Crippen molar-refractivity contribution in [3.8, 4) is 5.75 Å². The van der Waals surface area contributed by atoms with Crippen LogP contribution in [0.15, 0.2) is 24.3 Å². The lowest BCUT2D eigenvalue weighted by molar-refractivity contribution is -0.149. The Morgan fingerprint density at radius 3 is 2.95 bits per heavy atom. The number of nitrogens with two attached hydrogens (primary N) is 1. The summed E-state index contributed by atoms with van der Waals surface area (Å²) in [5.41, 5.74) is 5.46. The molecule has 1 saturated heterocycles. The van der Waals surface area contributed by atoms with Crippen molar-refractivity contribution in [3.63, 3.8) is 0 Å². The standard InChI is InChI=1S/C15H21N3O3/c1-15(2)14(20)17-7-8-18(15)13(19)6-9-21-12-5-3-4-11(16)10-12/h3-5,10H,6-9,16H2,1-2H3,(H,17,20). The van der Waals surface area contributed by atoms with Gasteiger partial charge in [0, 0.05) is 24.8 Å². The van der Waals surface area contributed by atoms with Crippen LogP contribution in [0.4, 0.5) is 5.69 Å². The number of anilines is 1. The van der Waals surface area contributed by atoms with Crippen LogP contribution in [0.2, 0.25) is 0 Å². The van der Waals surface area contributed by atoms with Gasteiger partial charge in [-0.25, -0.2) is 0 Å². The van der Waals surface area contributed by atoms with Gasteiger partial charge in [-0.3, -0.25) is 9.59 Å². The van der Waals surface area contributed by atoms with E-state index in [1.54, 1.807) is 43.0 Å². The maximum absolute atomic E-state index is 12.3. The van der Waals surface area contributed by atoms with Gasteiger partial charge in [0.2, 0.25) is 11.8 Å². The van der Waals surface area contributed by atoms with Gasteiger partial charge < -0.3 is 20.7 Å². The number of benzene rings is 1. The summed E-state index contributed by atoms with van der Waals surface area (Å²) in [6.45, 7) is 4.77. The van der Waals surface area contributed by atoms with Crippen molar-refractivity contribution in [3.05, 3.63) is 24.3 Å². The van der Waals surface area contributed by atoms with Crippen LogP contribution in [0.25, 0.3) is 0 Å². The van der Waals surface area contributed by atoms with Crippen molar-refractivity contribution in [1.29, 1.82) is 0 Å². The van der Waals surface area contributed by atoms with E-state index in [-0.39, 0.29) is 24.8 Å². The van der Waals surface area contributed by atoms with E-state index in [1.807, 2.05) is 0 Å². The highest BCUT2D eigenvalue weighted by Gasteiger charge is 2.39. The number of hydrogen-bond donors (Lipinski definition) is 2. The van der Waals surface area contributed by atoms with Crippen LogP contribution in [-0.2, 0) is 9.59 Å². The van der Waals surface area contributed by atoms with Gasteiger partial charge in [0.25, 0.3) is 0 Å². The zero-order valence-corrected chi connectivity index (χ0v) is 12.4. The Morgan fingerprint density at radius 1 is 1.48 bits per heavy atom. The maximum Gasteiger partial charge on any atom is 0.245 e. The van der Waals surface area contributed by atoms with Crippen LogP contribution in [-0.4, -0.2) is 41.9 Å². The molecule has 1 aliphatic rings. The Morgan fingerprint density at radius 2 is 2.24 bits per heavy atom. The quantitative estimate of drug-likeness (QED) is 0.803. The fourth-order valence-electron chi connectivity index (χ4n) is 2.33. The molecule has 0 aromatic heterocycles. The lowest BCUT2D eigenvalue weighted by Crippen LogP contribution is -2.63. The largest absolute Gasteiger partial charge is 0.493 e. The molecular formula is C15H21N3O3. The fraction of sp³-hybridized carbons (Fsp3) is 0.467. The molecule has 6 heteroatoms. The molecule has 0 bridgehead atoms. The lowest BCUT2D eigenvalue weighted by Gasteiger charge is -2.41. The second kappa shape index (κ2) is 6.03. The molecule has 0 radical (unpaired) electrons. The number of hydrogen-bond acceptors (Lipinski definition) is 4. The van der Waals surface area contributed by atoms with Crippen LogP contribution >= 0.6 is 0 Å². The first-order valence-electron chi connectivity index (χ1n) is 6.98. The van der Waals surface area contributed by atoms with Gasteiger partial charge in [0.05, 0.1) is 13.0 Å². The molecule has 114 valence electrons. The van der Waals surface area contributed by atoms with Gasteiger partial charge in [-0.15, -0.1) is 0 Å². The first kappa shape index (κ1) is 15.2. The molecule has 1 aromatic rings. The molecule has 2 rings (SSSR count). The minimum absolute atomic E-state index is 0.0845. The predicted molar refractivity (Wildman–Crippen MR) is 79.8 cm³/mol. The first-order chi connectivity index (χ1) is 9.91. The number of piperazine rings is 1. The zero-order chi connectivity index (χ0) is 15.5. The minimum atomic E-state index is -0.813. The molecule has 1 aliphatic heterocycles. The Hall–Kier alpha value is -2.24. The average Bonchev–Trinajstić information content (AvgIpc) is 2.41. The molecule has 0 atom stereocenters. The van der Waals surface area contributed by atoms with Crippen molar-refractivity contribution >= 4 is 17.5 Å². The summed E-state index contributed by atoms with van der Waals surface area (Å²) in [7, 11) is 0. The molecule has 3 N–H and O–H groups in total. The van der Waals surface area contributed by atoms with Gasteiger partial charge in [-0.05, 0) is 26.0 Å². The molecule has 1 heterocycles. The number of carbonyl (C=O) groups is 2. The number of amides is 2. The number of nitrogens with one attached hydrogen (secondary N) is 1. The number of carbonyl (C=O) groups excluding carboxylic acids is 2. The molecule has 1 fully saturated rings. The SMILES string of the molecule is CC1(C)C(=O)NCCN1C(=O)CCOc1cccc(N)c1. The maximum atomic E-state index is 12.3. The molecule has 1 aromatic carbocycles. The third-order valence-corrected chi connectivity index (χ3v) is 3.60. The number of nitrogens with zero attached hydrogens (tertiary/aromatic N) is 1. The summed E-state index contributed by atoms with van der Waals surface area (Å²) in [6.07, 6.45) is 0.228. The Bertz CT molecular complexity index is 543. The summed E-state index contributed by atoms with van der Waals surface area (Å²) in [6, 6.07) is 7.07. The van der Waals surface area contributed by atoms with Gasteiger partial charge in [-0.1, -0.05) is 6.07 Å². The highest BCUT2D eigenvalue weighted by atomic mass is 16.5. The normalized spacial score (nSPS) is 17.2. The zero-order valence-electron chi connectivity index (χ0n) is 12.4. The van der Waals surface area contributed by atoms with Gasteiger partial charge in [-0.2, -0.15) is 0 Å². The van der Waals surface area contributed by atoms with Crippen LogP contribution in [0.1, 0.15) is 20.3 Å². The van der Waals surface area contributed by atoms with Gasteiger partial charge in [0.15, 0.2) is 0 Å². The van der Waals surface area contributed by atoms with Crippen LogP contribution in [0, 0.1) is 0 Å².